The van der Waals surface area contributed by atoms with Crippen molar-refractivity contribution in [2.24, 2.45) is 5.92 Å². The Morgan fingerprint density at radius 3 is 2.33 bits per heavy atom. The lowest BCUT2D eigenvalue weighted by molar-refractivity contribution is 0.186. The van der Waals surface area contributed by atoms with Gasteiger partial charge < -0.3 is 15.1 Å². The van der Waals surface area contributed by atoms with Gasteiger partial charge in [0.1, 0.15) is 5.82 Å². The van der Waals surface area contributed by atoms with Crippen molar-refractivity contribution in [2.45, 2.75) is 51.5 Å². The molecule has 0 aromatic carbocycles. The van der Waals surface area contributed by atoms with E-state index >= 15 is 0 Å². The highest BCUT2D eigenvalue weighted by atomic mass is 16.2. The van der Waals surface area contributed by atoms with Gasteiger partial charge in [0.2, 0.25) is 0 Å². The number of nitrogens with zero attached hydrogens (tertiary/aromatic N) is 4. The predicted octanol–water partition coefficient (Wildman–Crippen LogP) is 3.41. The average molecular weight is 372 g/mol. The molecule has 1 N–H and O–H groups in total. The molecule has 1 aliphatic carbocycles. The third-order valence-electron chi connectivity index (χ3n) is 6.55. The van der Waals surface area contributed by atoms with Crippen LogP contribution in [0.4, 0.5) is 16.3 Å². The Bertz CT molecular complexity index is 612. The molecule has 4 rings (SSSR count). The van der Waals surface area contributed by atoms with E-state index in [4.69, 9.17) is 0 Å². The second kappa shape index (κ2) is 8.46. The lowest BCUT2D eigenvalue weighted by Crippen LogP contribution is -2.50. The first kappa shape index (κ1) is 18.5. The number of hydrogen-bond acceptors (Lipinski definition) is 4. The van der Waals surface area contributed by atoms with E-state index in [1.165, 1.54) is 25.7 Å². The van der Waals surface area contributed by atoms with Crippen LogP contribution in [0.1, 0.15) is 45.4 Å². The number of hydrogen-bond donors (Lipinski definition) is 1. The van der Waals surface area contributed by atoms with Crippen molar-refractivity contribution in [3.05, 3.63) is 18.3 Å². The molecule has 1 aromatic rings. The van der Waals surface area contributed by atoms with Gasteiger partial charge in [-0.25, -0.2) is 9.78 Å². The molecule has 0 atom stereocenters. The molecule has 1 saturated carbocycles. The zero-order valence-corrected chi connectivity index (χ0v) is 16.6. The third kappa shape index (κ3) is 4.54. The van der Waals surface area contributed by atoms with Crippen LogP contribution < -0.4 is 10.2 Å². The van der Waals surface area contributed by atoms with Crippen LogP contribution in [0.5, 0.6) is 0 Å². The van der Waals surface area contributed by atoms with E-state index in [0.29, 0.717) is 0 Å². The van der Waals surface area contributed by atoms with Gasteiger partial charge in [-0.15, -0.1) is 0 Å². The van der Waals surface area contributed by atoms with E-state index in [-0.39, 0.29) is 6.03 Å². The summed E-state index contributed by atoms with van der Waals surface area (Å²) in [6.45, 7) is 8.32. The fourth-order valence-electron chi connectivity index (χ4n) is 4.65. The highest BCUT2D eigenvalue weighted by Gasteiger charge is 2.26. The van der Waals surface area contributed by atoms with Crippen LogP contribution in [0.25, 0.3) is 0 Å². The minimum absolute atomic E-state index is 0.00151. The number of anilines is 2. The normalized spacial score (nSPS) is 23.0. The largest absolute Gasteiger partial charge is 0.354 e. The van der Waals surface area contributed by atoms with Crippen LogP contribution in [0.2, 0.25) is 0 Å². The summed E-state index contributed by atoms with van der Waals surface area (Å²) in [5.74, 6) is 1.75. The number of rotatable bonds is 3. The van der Waals surface area contributed by atoms with Gasteiger partial charge in [0.15, 0.2) is 0 Å². The van der Waals surface area contributed by atoms with Crippen molar-refractivity contribution < 1.29 is 4.79 Å². The van der Waals surface area contributed by atoms with Crippen LogP contribution in [-0.4, -0.2) is 66.1 Å². The number of pyridine rings is 1. The molecule has 3 heterocycles. The number of piperazine rings is 1. The topological polar surface area (TPSA) is 51.7 Å². The van der Waals surface area contributed by atoms with Gasteiger partial charge in [0.25, 0.3) is 0 Å². The number of carbonyl (C=O) groups excluding carboxylic acids is 1. The highest BCUT2D eigenvalue weighted by Crippen LogP contribution is 2.25. The third-order valence-corrected chi connectivity index (χ3v) is 6.55. The van der Waals surface area contributed by atoms with Crippen molar-refractivity contribution in [3.63, 3.8) is 0 Å². The van der Waals surface area contributed by atoms with Gasteiger partial charge in [-0.3, -0.25) is 4.90 Å². The first-order valence-corrected chi connectivity index (χ1v) is 10.7. The minimum atomic E-state index is 0.00151. The predicted molar refractivity (Wildman–Crippen MR) is 109 cm³/mol. The molecule has 6 nitrogen and oxygen atoms in total. The Kier molecular flexibility index (Phi) is 5.81. The van der Waals surface area contributed by atoms with Crippen molar-refractivity contribution in [3.8, 4) is 0 Å². The zero-order chi connectivity index (χ0) is 18.6. The SMILES string of the molecule is CC1CCN(C(=O)Nc2ccc(N3CCN(C4CCCC4)CC3)nc2)CC1. The number of urea groups is 1. The fourth-order valence-corrected chi connectivity index (χ4v) is 4.65. The summed E-state index contributed by atoms with van der Waals surface area (Å²) in [5.41, 5.74) is 0.784. The maximum atomic E-state index is 12.4. The zero-order valence-electron chi connectivity index (χ0n) is 16.6. The van der Waals surface area contributed by atoms with Gasteiger partial charge in [0, 0.05) is 45.3 Å². The van der Waals surface area contributed by atoms with Crippen LogP contribution in [0.15, 0.2) is 18.3 Å². The van der Waals surface area contributed by atoms with E-state index < -0.39 is 0 Å². The molecular formula is C21H33N5O. The van der Waals surface area contributed by atoms with Crippen molar-refractivity contribution in [1.29, 1.82) is 0 Å². The molecule has 2 aliphatic heterocycles. The summed E-state index contributed by atoms with van der Waals surface area (Å²) in [6, 6.07) is 4.84. The Morgan fingerprint density at radius 1 is 1.00 bits per heavy atom. The van der Waals surface area contributed by atoms with E-state index in [1.807, 2.05) is 17.0 Å². The Labute approximate surface area is 162 Å². The highest BCUT2D eigenvalue weighted by molar-refractivity contribution is 5.89. The van der Waals surface area contributed by atoms with E-state index in [2.05, 4.69) is 27.0 Å². The van der Waals surface area contributed by atoms with E-state index in [9.17, 15) is 4.79 Å². The molecule has 27 heavy (non-hydrogen) atoms. The standard InChI is InChI=1S/C21H33N5O/c1-17-8-10-26(11-9-17)21(27)23-18-6-7-20(22-16-18)25-14-12-24(13-15-25)19-4-2-3-5-19/h6-7,16-17,19H,2-5,8-15H2,1H3,(H,23,27). The second-order valence-corrected chi connectivity index (χ2v) is 8.47. The van der Waals surface area contributed by atoms with Gasteiger partial charge >= 0.3 is 6.03 Å². The van der Waals surface area contributed by atoms with Gasteiger partial charge in [-0.1, -0.05) is 19.8 Å². The Hall–Kier alpha value is -1.82. The molecule has 2 saturated heterocycles. The minimum Gasteiger partial charge on any atom is -0.354 e. The number of carbonyl (C=O) groups is 1. The molecule has 3 aliphatic rings. The summed E-state index contributed by atoms with van der Waals surface area (Å²) in [5, 5.41) is 3.00. The van der Waals surface area contributed by atoms with Gasteiger partial charge in [-0.2, -0.15) is 0 Å². The monoisotopic (exact) mass is 371 g/mol. The first-order chi connectivity index (χ1) is 13.2. The number of amides is 2. The van der Waals surface area contributed by atoms with Crippen LogP contribution >= 0.6 is 0 Å². The summed E-state index contributed by atoms with van der Waals surface area (Å²) in [6.07, 6.45) is 9.54. The number of piperidine rings is 1. The average Bonchev–Trinajstić information content (AvgIpc) is 3.24. The number of likely N-dealkylation sites (tertiary alicyclic amines) is 1. The van der Waals surface area contributed by atoms with Crippen molar-refractivity contribution >= 4 is 17.5 Å². The van der Waals surface area contributed by atoms with Gasteiger partial charge in [-0.05, 0) is 43.7 Å². The quantitative estimate of drug-likeness (QED) is 0.885. The first-order valence-electron chi connectivity index (χ1n) is 10.7. The summed E-state index contributed by atoms with van der Waals surface area (Å²) < 4.78 is 0. The van der Waals surface area contributed by atoms with Crippen LogP contribution in [0, 0.1) is 5.92 Å². The molecule has 2 amide bonds. The summed E-state index contributed by atoms with van der Waals surface area (Å²) in [4.78, 5) is 23.9. The second-order valence-electron chi connectivity index (χ2n) is 8.47. The van der Waals surface area contributed by atoms with Gasteiger partial charge in [0.05, 0.1) is 11.9 Å². The lowest BCUT2D eigenvalue weighted by Gasteiger charge is -2.38. The molecule has 6 heteroatoms. The molecule has 1 aromatic heterocycles. The lowest BCUT2D eigenvalue weighted by atomic mass is 10.00. The Morgan fingerprint density at radius 2 is 1.70 bits per heavy atom. The number of aromatic nitrogens is 1. The van der Waals surface area contributed by atoms with Crippen LogP contribution in [0.3, 0.4) is 0 Å². The maximum absolute atomic E-state index is 12.4. The van der Waals surface area contributed by atoms with Crippen LogP contribution in [-0.2, 0) is 0 Å². The molecule has 0 spiro atoms. The van der Waals surface area contributed by atoms with E-state index in [1.54, 1.807) is 6.20 Å². The molecule has 0 bridgehead atoms. The van der Waals surface area contributed by atoms with E-state index in [0.717, 1.165) is 75.6 Å². The molecule has 148 valence electrons. The number of nitrogens with one attached hydrogen (secondary N) is 1. The molecular weight excluding hydrogens is 338 g/mol. The molecule has 0 radical (unpaired) electrons. The Balaban J connectivity index is 1.27. The maximum Gasteiger partial charge on any atom is 0.321 e. The molecule has 3 fully saturated rings. The fraction of sp³-hybridized carbons (Fsp3) is 0.714. The molecule has 0 unspecified atom stereocenters. The van der Waals surface area contributed by atoms with Crippen molar-refractivity contribution in [2.75, 3.05) is 49.5 Å². The summed E-state index contributed by atoms with van der Waals surface area (Å²) in [7, 11) is 0. The van der Waals surface area contributed by atoms with Crippen molar-refractivity contribution in [1.82, 2.24) is 14.8 Å². The summed E-state index contributed by atoms with van der Waals surface area (Å²) >= 11 is 0. The smallest absolute Gasteiger partial charge is 0.321 e.